The van der Waals surface area contributed by atoms with Crippen LogP contribution in [0.25, 0.3) is 0 Å². The Hall–Kier alpha value is -1.10. The summed E-state index contributed by atoms with van der Waals surface area (Å²) in [6, 6.07) is 8.48. The summed E-state index contributed by atoms with van der Waals surface area (Å²) in [5, 5.41) is 0. The number of hydrogen-bond acceptors (Lipinski definition) is 4. The Bertz CT molecular complexity index is 424. The molecular formula is C17H29N3O. The highest BCUT2D eigenvalue weighted by molar-refractivity contribution is 5.31. The fourth-order valence-corrected chi connectivity index (χ4v) is 3.64. The predicted molar refractivity (Wildman–Crippen MR) is 87.2 cm³/mol. The number of likely N-dealkylation sites (N-methyl/N-ethyl adjacent to an activating group) is 1. The Kier molecular flexibility index (Phi) is 5.62. The second-order valence-corrected chi connectivity index (χ2v) is 6.16. The van der Waals surface area contributed by atoms with E-state index < -0.39 is 0 Å². The normalized spacial score (nSPS) is 19.5. The molecule has 0 saturated heterocycles. The number of benzene rings is 1. The molecule has 0 bridgehead atoms. The molecule has 1 aliphatic carbocycles. The molecule has 1 fully saturated rings. The first kappa shape index (κ1) is 16.3. The lowest BCUT2D eigenvalue weighted by molar-refractivity contribution is 0.0564. The van der Waals surface area contributed by atoms with Crippen molar-refractivity contribution in [3.8, 4) is 5.75 Å². The molecule has 1 aromatic rings. The van der Waals surface area contributed by atoms with E-state index in [9.17, 15) is 0 Å². The molecule has 2 rings (SSSR count). The van der Waals surface area contributed by atoms with Crippen LogP contribution in [0.2, 0.25) is 0 Å². The highest BCUT2D eigenvalue weighted by Crippen LogP contribution is 2.41. The van der Waals surface area contributed by atoms with Gasteiger partial charge in [-0.15, -0.1) is 0 Å². The van der Waals surface area contributed by atoms with E-state index in [2.05, 4.69) is 36.6 Å². The van der Waals surface area contributed by atoms with Gasteiger partial charge >= 0.3 is 0 Å². The van der Waals surface area contributed by atoms with Crippen LogP contribution in [0.15, 0.2) is 24.3 Å². The zero-order chi connectivity index (χ0) is 15.3. The molecule has 3 N–H and O–H groups in total. The number of hydrazine groups is 1. The van der Waals surface area contributed by atoms with E-state index in [-0.39, 0.29) is 11.6 Å². The van der Waals surface area contributed by atoms with Crippen LogP contribution in [0, 0.1) is 0 Å². The number of nitrogens with two attached hydrogens (primary N) is 1. The molecule has 1 saturated carbocycles. The average molecular weight is 291 g/mol. The lowest BCUT2D eigenvalue weighted by Crippen LogP contribution is -2.56. The standard InChI is InChI=1S/C17H29N3O/c1-4-21-15-10-8-14(9-11-15)16(19-18)17(20(2)3)12-6-5-7-13-17/h8-11,16,19H,4-7,12-13,18H2,1-3H3. The lowest BCUT2D eigenvalue weighted by atomic mass is 9.73. The molecule has 0 aliphatic heterocycles. The quantitative estimate of drug-likeness (QED) is 0.625. The fourth-order valence-electron chi connectivity index (χ4n) is 3.64. The number of nitrogens with one attached hydrogen (secondary N) is 1. The van der Waals surface area contributed by atoms with Gasteiger partial charge in [0.25, 0.3) is 0 Å². The Morgan fingerprint density at radius 2 is 1.81 bits per heavy atom. The SMILES string of the molecule is CCOc1ccc(C(NN)C2(N(C)C)CCCCC2)cc1. The van der Waals surface area contributed by atoms with E-state index in [0.717, 1.165) is 5.75 Å². The third kappa shape index (κ3) is 3.39. The summed E-state index contributed by atoms with van der Waals surface area (Å²) >= 11 is 0. The summed E-state index contributed by atoms with van der Waals surface area (Å²) in [4.78, 5) is 2.35. The van der Waals surface area contributed by atoms with Crippen LogP contribution in [-0.4, -0.2) is 31.1 Å². The van der Waals surface area contributed by atoms with Crippen LogP contribution >= 0.6 is 0 Å². The molecule has 1 unspecified atom stereocenters. The van der Waals surface area contributed by atoms with Gasteiger partial charge < -0.3 is 9.64 Å². The van der Waals surface area contributed by atoms with E-state index in [1.54, 1.807) is 0 Å². The molecule has 1 atom stereocenters. The van der Waals surface area contributed by atoms with E-state index in [0.29, 0.717) is 6.61 Å². The Balaban J connectivity index is 2.27. The molecule has 0 heterocycles. The summed E-state index contributed by atoms with van der Waals surface area (Å²) < 4.78 is 5.53. The Morgan fingerprint density at radius 3 is 2.29 bits per heavy atom. The van der Waals surface area contributed by atoms with Gasteiger partial charge in [0.2, 0.25) is 0 Å². The van der Waals surface area contributed by atoms with Crippen molar-refractivity contribution in [3.05, 3.63) is 29.8 Å². The second-order valence-electron chi connectivity index (χ2n) is 6.16. The topological polar surface area (TPSA) is 50.5 Å². The van der Waals surface area contributed by atoms with Crippen LogP contribution in [0.5, 0.6) is 5.75 Å². The van der Waals surface area contributed by atoms with Gasteiger partial charge in [0.15, 0.2) is 0 Å². The lowest BCUT2D eigenvalue weighted by Gasteiger charge is -2.48. The molecule has 4 heteroatoms. The zero-order valence-corrected chi connectivity index (χ0v) is 13.6. The minimum absolute atomic E-state index is 0.0974. The zero-order valence-electron chi connectivity index (χ0n) is 13.6. The first-order valence-electron chi connectivity index (χ1n) is 8.00. The van der Waals surface area contributed by atoms with E-state index >= 15 is 0 Å². The maximum atomic E-state index is 5.95. The number of rotatable bonds is 6. The van der Waals surface area contributed by atoms with Gasteiger partial charge in [-0.2, -0.15) is 0 Å². The molecule has 0 aromatic heterocycles. The molecule has 1 aliphatic rings. The van der Waals surface area contributed by atoms with Crippen molar-refractivity contribution in [3.63, 3.8) is 0 Å². The van der Waals surface area contributed by atoms with Crippen molar-refractivity contribution in [1.82, 2.24) is 10.3 Å². The van der Waals surface area contributed by atoms with Gasteiger partial charge in [-0.05, 0) is 51.6 Å². The summed E-state index contributed by atoms with van der Waals surface area (Å²) in [5.74, 6) is 6.86. The van der Waals surface area contributed by atoms with Gasteiger partial charge in [0, 0.05) is 5.54 Å². The van der Waals surface area contributed by atoms with Crippen LogP contribution < -0.4 is 16.0 Å². The Labute approximate surface area is 128 Å². The third-order valence-corrected chi connectivity index (χ3v) is 4.84. The van der Waals surface area contributed by atoms with Crippen molar-refractivity contribution < 1.29 is 4.74 Å². The van der Waals surface area contributed by atoms with Gasteiger partial charge in [-0.1, -0.05) is 31.4 Å². The molecule has 118 valence electrons. The maximum Gasteiger partial charge on any atom is 0.119 e. The highest BCUT2D eigenvalue weighted by atomic mass is 16.5. The first-order valence-corrected chi connectivity index (χ1v) is 8.00. The summed E-state index contributed by atoms with van der Waals surface area (Å²) in [7, 11) is 4.34. The molecular weight excluding hydrogens is 262 g/mol. The minimum Gasteiger partial charge on any atom is -0.494 e. The fraction of sp³-hybridized carbons (Fsp3) is 0.647. The molecule has 21 heavy (non-hydrogen) atoms. The van der Waals surface area contributed by atoms with Crippen LogP contribution in [0.4, 0.5) is 0 Å². The van der Waals surface area contributed by atoms with Crippen molar-refractivity contribution in [1.29, 1.82) is 0 Å². The van der Waals surface area contributed by atoms with Gasteiger partial charge in [0.1, 0.15) is 5.75 Å². The summed E-state index contributed by atoms with van der Waals surface area (Å²) in [6.45, 7) is 2.70. The number of ether oxygens (including phenoxy) is 1. The first-order chi connectivity index (χ1) is 10.1. The second kappa shape index (κ2) is 7.25. The van der Waals surface area contributed by atoms with E-state index in [1.807, 2.05) is 19.1 Å². The molecule has 0 radical (unpaired) electrons. The smallest absolute Gasteiger partial charge is 0.119 e. The third-order valence-electron chi connectivity index (χ3n) is 4.84. The monoisotopic (exact) mass is 291 g/mol. The van der Waals surface area contributed by atoms with Gasteiger partial charge in [0.05, 0.1) is 12.6 Å². The molecule has 4 nitrogen and oxygen atoms in total. The van der Waals surface area contributed by atoms with Crippen molar-refractivity contribution in [2.45, 2.75) is 50.6 Å². The average Bonchev–Trinajstić information content (AvgIpc) is 2.51. The van der Waals surface area contributed by atoms with Crippen LogP contribution in [0.1, 0.15) is 50.6 Å². The number of nitrogens with zero attached hydrogens (tertiary/aromatic N) is 1. The van der Waals surface area contributed by atoms with Gasteiger partial charge in [-0.3, -0.25) is 11.3 Å². The minimum atomic E-state index is 0.0974. The summed E-state index contributed by atoms with van der Waals surface area (Å²) in [5.41, 5.74) is 4.41. The van der Waals surface area contributed by atoms with Crippen molar-refractivity contribution in [2.75, 3.05) is 20.7 Å². The van der Waals surface area contributed by atoms with Gasteiger partial charge in [-0.25, -0.2) is 0 Å². The maximum absolute atomic E-state index is 5.95. The van der Waals surface area contributed by atoms with Crippen molar-refractivity contribution in [2.24, 2.45) is 5.84 Å². The molecule has 0 amide bonds. The molecule has 0 spiro atoms. The van der Waals surface area contributed by atoms with Crippen LogP contribution in [0.3, 0.4) is 0 Å². The van der Waals surface area contributed by atoms with Crippen molar-refractivity contribution >= 4 is 0 Å². The van der Waals surface area contributed by atoms with Crippen LogP contribution in [-0.2, 0) is 0 Å². The molecule has 1 aromatic carbocycles. The highest BCUT2D eigenvalue weighted by Gasteiger charge is 2.42. The Morgan fingerprint density at radius 1 is 1.19 bits per heavy atom. The predicted octanol–water partition coefficient (Wildman–Crippen LogP) is 2.85. The largest absolute Gasteiger partial charge is 0.494 e. The number of hydrogen-bond donors (Lipinski definition) is 2. The van der Waals surface area contributed by atoms with E-state index in [1.165, 1.54) is 37.7 Å². The summed E-state index contributed by atoms with van der Waals surface area (Å²) in [6.07, 6.45) is 6.24. The van der Waals surface area contributed by atoms with E-state index in [4.69, 9.17) is 10.6 Å².